The number of hydrogen-bond acceptors (Lipinski definition) is 4. The molecule has 2 saturated heterocycles. The first kappa shape index (κ1) is 16.2. The molecular weight excluding hydrogens is 280 g/mol. The fourth-order valence-corrected chi connectivity index (χ4v) is 4.07. The molecule has 0 spiro atoms. The van der Waals surface area contributed by atoms with Crippen LogP contribution in [0, 0.1) is 11.8 Å². The molecule has 3 fully saturated rings. The number of likely N-dealkylation sites (tertiary alicyclic amines) is 1. The number of amides is 1. The first-order valence-corrected chi connectivity index (χ1v) is 8.99. The average molecular weight is 310 g/mol. The molecule has 1 saturated carbocycles. The number of aliphatic hydroxyl groups is 1. The maximum atomic E-state index is 12.6. The Bertz CT molecular complexity index is 355. The number of rotatable bonds is 3. The summed E-state index contributed by atoms with van der Waals surface area (Å²) >= 11 is 0. The van der Waals surface area contributed by atoms with E-state index in [0.717, 1.165) is 83.8 Å². The summed E-state index contributed by atoms with van der Waals surface area (Å²) in [5.74, 6) is 1.24. The zero-order valence-corrected chi connectivity index (χ0v) is 13.6. The van der Waals surface area contributed by atoms with Crippen LogP contribution >= 0.6 is 0 Å². The summed E-state index contributed by atoms with van der Waals surface area (Å²) in [6.45, 7) is 6.86. The smallest absolute Gasteiger partial charge is 0.225 e. The lowest BCUT2D eigenvalue weighted by atomic mass is 9.85. The number of carbonyl (C=O) groups is 1. The van der Waals surface area contributed by atoms with Gasteiger partial charge in [0.2, 0.25) is 5.91 Å². The molecule has 2 heterocycles. The van der Waals surface area contributed by atoms with Crippen molar-refractivity contribution in [2.75, 3.05) is 45.9 Å². The van der Waals surface area contributed by atoms with E-state index in [4.69, 9.17) is 4.74 Å². The van der Waals surface area contributed by atoms with Crippen molar-refractivity contribution < 1.29 is 14.6 Å². The zero-order valence-electron chi connectivity index (χ0n) is 13.6. The zero-order chi connectivity index (χ0) is 15.4. The maximum Gasteiger partial charge on any atom is 0.225 e. The number of ether oxygens (including phenoxy) is 1. The topological polar surface area (TPSA) is 53.0 Å². The van der Waals surface area contributed by atoms with E-state index in [2.05, 4.69) is 9.80 Å². The SMILES string of the molecule is O=C(C1CCC(O)CC1)N1CCC(CN2CCOCC2)CC1. The molecule has 0 unspecified atom stereocenters. The molecule has 1 N–H and O–H groups in total. The second-order valence-electron chi connectivity index (χ2n) is 7.19. The molecule has 1 amide bonds. The summed E-state index contributed by atoms with van der Waals surface area (Å²) in [6.07, 6.45) is 5.43. The van der Waals surface area contributed by atoms with Crippen molar-refractivity contribution in [1.82, 2.24) is 9.80 Å². The summed E-state index contributed by atoms with van der Waals surface area (Å²) in [5, 5.41) is 9.57. The van der Waals surface area contributed by atoms with E-state index >= 15 is 0 Å². The number of piperidine rings is 1. The van der Waals surface area contributed by atoms with Crippen LogP contribution in [0.15, 0.2) is 0 Å². The highest BCUT2D eigenvalue weighted by atomic mass is 16.5. The molecule has 22 heavy (non-hydrogen) atoms. The van der Waals surface area contributed by atoms with Gasteiger partial charge in [-0.05, 0) is 44.4 Å². The summed E-state index contributed by atoms with van der Waals surface area (Å²) in [5.41, 5.74) is 0. The van der Waals surface area contributed by atoms with Gasteiger partial charge in [0.15, 0.2) is 0 Å². The van der Waals surface area contributed by atoms with Gasteiger partial charge in [0.05, 0.1) is 19.3 Å². The summed E-state index contributed by atoms with van der Waals surface area (Å²) < 4.78 is 5.40. The van der Waals surface area contributed by atoms with Crippen molar-refractivity contribution in [3.8, 4) is 0 Å². The Hall–Kier alpha value is -0.650. The minimum absolute atomic E-state index is 0.166. The minimum Gasteiger partial charge on any atom is -0.393 e. The molecule has 5 nitrogen and oxygen atoms in total. The first-order valence-electron chi connectivity index (χ1n) is 8.99. The van der Waals surface area contributed by atoms with E-state index in [1.807, 2.05) is 0 Å². The largest absolute Gasteiger partial charge is 0.393 e. The fraction of sp³-hybridized carbons (Fsp3) is 0.941. The van der Waals surface area contributed by atoms with Gasteiger partial charge in [0.25, 0.3) is 0 Å². The van der Waals surface area contributed by atoms with Gasteiger partial charge in [-0.15, -0.1) is 0 Å². The summed E-state index contributed by atoms with van der Waals surface area (Å²) in [4.78, 5) is 17.2. The number of aliphatic hydroxyl groups excluding tert-OH is 1. The van der Waals surface area contributed by atoms with Gasteiger partial charge in [-0.2, -0.15) is 0 Å². The minimum atomic E-state index is -0.177. The Kier molecular flexibility index (Phi) is 5.71. The Labute approximate surface area is 133 Å². The van der Waals surface area contributed by atoms with E-state index in [1.54, 1.807) is 0 Å². The van der Waals surface area contributed by atoms with E-state index in [-0.39, 0.29) is 12.0 Å². The van der Waals surface area contributed by atoms with Gasteiger partial charge in [-0.1, -0.05) is 0 Å². The lowest BCUT2D eigenvalue weighted by molar-refractivity contribution is -0.138. The Morgan fingerprint density at radius 3 is 2.23 bits per heavy atom. The highest BCUT2D eigenvalue weighted by Crippen LogP contribution is 2.28. The third-order valence-corrected chi connectivity index (χ3v) is 5.59. The first-order chi connectivity index (χ1) is 10.7. The van der Waals surface area contributed by atoms with Crippen LogP contribution in [-0.2, 0) is 9.53 Å². The molecule has 0 bridgehead atoms. The fourth-order valence-electron chi connectivity index (χ4n) is 4.07. The van der Waals surface area contributed by atoms with Crippen molar-refractivity contribution in [3.63, 3.8) is 0 Å². The lowest BCUT2D eigenvalue weighted by Gasteiger charge is -2.38. The Balaban J connectivity index is 1.40. The highest BCUT2D eigenvalue weighted by Gasteiger charge is 2.31. The molecule has 0 radical (unpaired) electrons. The van der Waals surface area contributed by atoms with Crippen LogP contribution in [0.3, 0.4) is 0 Å². The van der Waals surface area contributed by atoms with Crippen LogP contribution in [0.5, 0.6) is 0 Å². The maximum absolute atomic E-state index is 12.6. The third-order valence-electron chi connectivity index (χ3n) is 5.59. The standard InChI is InChI=1S/C17H30N2O3/c20-16-3-1-15(2-4-16)17(21)19-7-5-14(6-8-19)13-18-9-11-22-12-10-18/h14-16,20H,1-13H2. The van der Waals surface area contributed by atoms with Gasteiger partial charge < -0.3 is 14.7 Å². The molecule has 5 heteroatoms. The molecule has 1 aliphatic carbocycles. The van der Waals surface area contributed by atoms with Gasteiger partial charge in [0, 0.05) is 38.6 Å². The van der Waals surface area contributed by atoms with E-state index < -0.39 is 0 Å². The molecule has 0 aromatic rings. The van der Waals surface area contributed by atoms with Gasteiger partial charge in [-0.25, -0.2) is 0 Å². The molecule has 0 aromatic carbocycles. The molecule has 3 rings (SSSR count). The summed E-state index contributed by atoms with van der Waals surface area (Å²) in [7, 11) is 0. The van der Waals surface area contributed by atoms with Crippen molar-refractivity contribution in [2.24, 2.45) is 11.8 Å². The molecular formula is C17H30N2O3. The molecule has 2 aliphatic heterocycles. The van der Waals surface area contributed by atoms with Crippen molar-refractivity contribution in [1.29, 1.82) is 0 Å². The van der Waals surface area contributed by atoms with E-state index in [0.29, 0.717) is 5.91 Å². The van der Waals surface area contributed by atoms with Crippen LogP contribution in [0.4, 0.5) is 0 Å². The lowest BCUT2D eigenvalue weighted by Crippen LogP contribution is -2.46. The van der Waals surface area contributed by atoms with Crippen molar-refractivity contribution in [2.45, 2.75) is 44.6 Å². The Morgan fingerprint density at radius 1 is 0.955 bits per heavy atom. The van der Waals surface area contributed by atoms with Gasteiger partial charge in [0.1, 0.15) is 0 Å². The monoisotopic (exact) mass is 310 g/mol. The average Bonchev–Trinajstić information content (AvgIpc) is 2.57. The quantitative estimate of drug-likeness (QED) is 0.848. The predicted octanol–water partition coefficient (Wildman–Crippen LogP) is 1.11. The second-order valence-corrected chi connectivity index (χ2v) is 7.19. The third kappa shape index (κ3) is 4.21. The van der Waals surface area contributed by atoms with Crippen LogP contribution in [0.1, 0.15) is 38.5 Å². The molecule has 0 aromatic heterocycles. The summed E-state index contributed by atoms with van der Waals surface area (Å²) in [6, 6.07) is 0. The number of morpholine rings is 1. The predicted molar refractivity (Wildman–Crippen MR) is 84.5 cm³/mol. The van der Waals surface area contributed by atoms with Crippen LogP contribution in [0.25, 0.3) is 0 Å². The van der Waals surface area contributed by atoms with E-state index in [9.17, 15) is 9.90 Å². The Morgan fingerprint density at radius 2 is 1.59 bits per heavy atom. The van der Waals surface area contributed by atoms with Crippen LogP contribution in [-0.4, -0.2) is 72.9 Å². The van der Waals surface area contributed by atoms with Crippen LogP contribution in [0.2, 0.25) is 0 Å². The van der Waals surface area contributed by atoms with Crippen LogP contribution < -0.4 is 0 Å². The molecule has 3 aliphatic rings. The normalized spacial score (nSPS) is 32.1. The molecule has 0 atom stereocenters. The highest BCUT2D eigenvalue weighted by molar-refractivity contribution is 5.79. The van der Waals surface area contributed by atoms with Crippen molar-refractivity contribution >= 4 is 5.91 Å². The van der Waals surface area contributed by atoms with E-state index in [1.165, 1.54) is 6.54 Å². The van der Waals surface area contributed by atoms with Gasteiger partial charge in [-0.3, -0.25) is 9.69 Å². The second kappa shape index (κ2) is 7.75. The number of hydrogen-bond donors (Lipinski definition) is 1. The molecule has 126 valence electrons. The van der Waals surface area contributed by atoms with Gasteiger partial charge >= 0.3 is 0 Å². The number of nitrogens with zero attached hydrogens (tertiary/aromatic N) is 2. The van der Waals surface area contributed by atoms with Crippen molar-refractivity contribution in [3.05, 3.63) is 0 Å². The number of carbonyl (C=O) groups excluding carboxylic acids is 1.